The Morgan fingerprint density at radius 2 is 2.27 bits per heavy atom. The molecule has 3 heteroatoms. The fourth-order valence-corrected chi connectivity index (χ4v) is 1.66. The number of carbonyl (C=O) groups excluding carboxylic acids is 1. The van der Waals surface area contributed by atoms with Gasteiger partial charge < -0.3 is 10.2 Å². The molecule has 2 rings (SSSR count). The molecule has 2 fully saturated rings. The lowest BCUT2D eigenvalue weighted by atomic mass is 10.3. The third-order valence-electron chi connectivity index (χ3n) is 2.55. The molecule has 11 heavy (non-hydrogen) atoms. The van der Waals surface area contributed by atoms with Crippen molar-refractivity contribution in [2.75, 3.05) is 13.6 Å². The van der Waals surface area contributed by atoms with E-state index in [0.29, 0.717) is 24.4 Å². The SMILES string of the molecule is CNC1CC(=O)N(C2CC2)C1. The lowest BCUT2D eigenvalue weighted by molar-refractivity contribution is -0.128. The molecule has 1 unspecified atom stereocenters. The first-order chi connectivity index (χ1) is 5.31. The first-order valence-electron chi connectivity index (χ1n) is 4.28. The lowest BCUT2D eigenvalue weighted by Gasteiger charge is -2.14. The molecule has 2 aliphatic rings. The molecular formula is C8H14N2O. The molecule has 0 spiro atoms. The van der Waals surface area contributed by atoms with Crippen LogP contribution in [0.4, 0.5) is 0 Å². The number of nitrogens with zero attached hydrogens (tertiary/aromatic N) is 1. The minimum atomic E-state index is 0.340. The normalized spacial score (nSPS) is 31.5. The van der Waals surface area contributed by atoms with Gasteiger partial charge in [0.2, 0.25) is 5.91 Å². The topological polar surface area (TPSA) is 32.3 Å². The maximum absolute atomic E-state index is 11.3. The van der Waals surface area contributed by atoms with Crippen molar-refractivity contribution in [2.24, 2.45) is 0 Å². The number of carbonyl (C=O) groups is 1. The van der Waals surface area contributed by atoms with Gasteiger partial charge in [-0.05, 0) is 19.9 Å². The first kappa shape index (κ1) is 7.10. The van der Waals surface area contributed by atoms with Crippen LogP contribution in [0.1, 0.15) is 19.3 Å². The van der Waals surface area contributed by atoms with Gasteiger partial charge in [-0.25, -0.2) is 0 Å². The molecule has 0 bridgehead atoms. The number of amides is 1. The summed E-state index contributed by atoms with van der Waals surface area (Å²) >= 11 is 0. The average molecular weight is 154 g/mol. The lowest BCUT2D eigenvalue weighted by Crippen LogP contribution is -2.31. The molecule has 0 radical (unpaired) electrons. The van der Waals surface area contributed by atoms with Crippen LogP contribution in [-0.2, 0) is 4.79 Å². The molecule has 62 valence electrons. The maximum atomic E-state index is 11.3. The van der Waals surface area contributed by atoms with Gasteiger partial charge in [-0.1, -0.05) is 0 Å². The summed E-state index contributed by atoms with van der Waals surface area (Å²) in [5.41, 5.74) is 0. The minimum absolute atomic E-state index is 0.340. The monoisotopic (exact) mass is 154 g/mol. The van der Waals surface area contributed by atoms with E-state index in [1.54, 1.807) is 0 Å². The number of likely N-dealkylation sites (N-methyl/N-ethyl adjacent to an activating group) is 1. The molecular weight excluding hydrogens is 140 g/mol. The van der Waals surface area contributed by atoms with Crippen LogP contribution in [0.3, 0.4) is 0 Å². The van der Waals surface area contributed by atoms with Gasteiger partial charge in [0.15, 0.2) is 0 Å². The predicted octanol–water partition coefficient (Wildman–Crippen LogP) is -0.0309. The van der Waals surface area contributed by atoms with E-state index >= 15 is 0 Å². The molecule has 1 atom stereocenters. The van der Waals surface area contributed by atoms with Gasteiger partial charge in [0, 0.05) is 25.0 Å². The Bertz CT molecular complexity index is 177. The quantitative estimate of drug-likeness (QED) is 0.605. The Kier molecular flexibility index (Phi) is 1.60. The van der Waals surface area contributed by atoms with E-state index in [1.165, 1.54) is 12.8 Å². The van der Waals surface area contributed by atoms with Crippen molar-refractivity contribution >= 4 is 5.91 Å². The first-order valence-corrected chi connectivity index (χ1v) is 4.28. The largest absolute Gasteiger partial charge is 0.338 e. The standard InChI is InChI=1S/C8H14N2O/c1-9-6-4-8(11)10(5-6)7-2-3-7/h6-7,9H,2-5H2,1H3. The van der Waals surface area contributed by atoms with E-state index in [0.717, 1.165) is 6.54 Å². The minimum Gasteiger partial charge on any atom is -0.338 e. The smallest absolute Gasteiger partial charge is 0.224 e. The van der Waals surface area contributed by atoms with E-state index < -0.39 is 0 Å². The van der Waals surface area contributed by atoms with E-state index in [1.807, 2.05) is 11.9 Å². The fourth-order valence-electron chi connectivity index (χ4n) is 1.66. The third kappa shape index (κ3) is 1.25. The molecule has 1 saturated heterocycles. The van der Waals surface area contributed by atoms with Crippen LogP contribution in [-0.4, -0.2) is 36.5 Å². The second-order valence-electron chi connectivity index (χ2n) is 3.47. The summed E-state index contributed by atoms with van der Waals surface area (Å²) in [6.45, 7) is 0.931. The Morgan fingerprint density at radius 3 is 2.73 bits per heavy atom. The van der Waals surface area contributed by atoms with Crippen molar-refractivity contribution in [1.29, 1.82) is 0 Å². The summed E-state index contributed by atoms with van der Waals surface area (Å²) in [5.74, 6) is 0.340. The van der Waals surface area contributed by atoms with Crippen LogP contribution < -0.4 is 5.32 Å². The van der Waals surface area contributed by atoms with Crippen molar-refractivity contribution in [1.82, 2.24) is 10.2 Å². The van der Waals surface area contributed by atoms with Crippen LogP contribution >= 0.6 is 0 Å². The van der Waals surface area contributed by atoms with Gasteiger partial charge >= 0.3 is 0 Å². The Morgan fingerprint density at radius 1 is 1.55 bits per heavy atom. The highest BCUT2D eigenvalue weighted by Crippen LogP contribution is 2.30. The van der Waals surface area contributed by atoms with Gasteiger partial charge in [0.25, 0.3) is 0 Å². The van der Waals surface area contributed by atoms with Crippen LogP contribution in [0.2, 0.25) is 0 Å². The van der Waals surface area contributed by atoms with Crippen molar-refractivity contribution in [2.45, 2.75) is 31.3 Å². The molecule has 1 saturated carbocycles. The summed E-state index contributed by atoms with van der Waals surface area (Å²) in [6, 6.07) is 1.00. The molecule has 0 aromatic heterocycles. The Balaban J connectivity index is 1.96. The molecule has 1 N–H and O–H groups in total. The van der Waals surface area contributed by atoms with Crippen LogP contribution in [0.15, 0.2) is 0 Å². The van der Waals surface area contributed by atoms with Crippen molar-refractivity contribution in [3.63, 3.8) is 0 Å². The van der Waals surface area contributed by atoms with Gasteiger partial charge in [-0.3, -0.25) is 4.79 Å². The van der Waals surface area contributed by atoms with Crippen LogP contribution in [0.25, 0.3) is 0 Å². The van der Waals surface area contributed by atoms with Gasteiger partial charge in [0.05, 0.1) is 0 Å². The molecule has 0 aromatic carbocycles. The third-order valence-corrected chi connectivity index (χ3v) is 2.55. The van der Waals surface area contributed by atoms with Gasteiger partial charge in [-0.2, -0.15) is 0 Å². The van der Waals surface area contributed by atoms with Crippen molar-refractivity contribution in [3.05, 3.63) is 0 Å². The molecule has 1 amide bonds. The number of likely N-dealkylation sites (tertiary alicyclic amines) is 1. The van der Waals surface area contributed by atoms with Crippen molar-refractivity contribution < 1.29 is 4.79 Å². The summed E-state index contributed by atoms with van der Waals surface area (Å²) in [4.78, 5) is 13.3. The molecule has 1 heterocycles. The van der Waals surface area contributed by atoms with E-state index in [4.69, 9.17) is 0 Å². The second-order valence-corrected chi connectivity index (χ2v) is 3.47. The number of rotatable bonds is 2. The van der Waals surface area contributed by atoms with Gasteiger partial charge in [0.1, 0.15) is 0 Å². The zero-order valence-corrected chi connectivity index (χ0v) is 6.84. The fraction of sp³-hybridized carbons (Fsp3) is 0.875. The Labute approximate surface area is 66.8 Å². The van der Waals surface area contributed by atoms with Crippen LogP contribution in [0.5, 0.6) is 0 Å². The van der Waals surface area contributed by atoms with Crippen molar-refractivity contribution in [3.8, 4) is 0 Å². The predicted molar refractivity (Wildman–Crippen MR) is 42.2 cm³/mol. The molecule has 1 aliphatic carbocycles. The summed E-state index contributed by atoms with van der Waals surface area (Å²) in [5, 5.41) is 3.14. The van der Waals surface area contributed by atoms with E-state index in [9.17, 15) is 4.79 Å². The summed E-state index contributed by atoms with van der Waals surface area (Å²) in [7, 11) is 1.92. The molecule has 1 aliphatic heterocycles. The highest BCUT2D eigenvalue weighted by molar-refractivity contribution is 5.79. The summed E-state index contributed by atoms with van der Waals surface area (Å²) < 4.78 is 0. The highest BCUT2D eigenvalue weighted by Gasteiger charge is 2.38. The van der Waals surface area contributed by atoms with Crippen LogP contribution in [0, 0.1) is 0 Å². The number of hydrogen-bond donors (Lipinski definition) is 1. The zero-order valence-electron chi connectivity index (χ0n) is 6.84. The maximum Gasteiger partial charge on any atom is 0.224 e. The molecule has 3 nitrogen and oxygen atoms in total. The van der Waals surface area contributed by atoms with E-state index in [2.05, 4.69) is 5.32 Å². The highest BCUT2D eigenvalue weighted by atomic mass is 16.2. The summed E-state index contributed by atoms with van der Waals surface area (Å²) in [6.07, 6.45) is 3.15. The zero-order chi connectivity index (χ0) is 7.84. The second kappa shape index (κ2) is 2.48. The van der Waals surface area contributed by atoms with Gasteiger partial charge in [-0.15, -0.1) is 0 Å². The van der Waals surface area contributed by atoms with E-state index in [-0.39, 0.29) is 0 Å². The Hall–Kier alpha value is -0.570. The number of nitrogens with one attached hydrogen (secondary N) is 1. The number of hydrogen-bond acceptors (Lipinski definition) is 2. The average Bonchev–Trinajstić information content (AvgIpc) is 2.76. The molecule has 0 aromatic rings.